The highest BCUT2D eigenvalue weighted by atomic mass is 16.4. The molecular weight excluding hydrogens is 484 g/mol. The fourth-order valence-corrected chi connectivity index (χ4v) is 4.65. The van der Waals surface area contributed by atoms with Gasteiger partial charge >= 0.3 is 0 Å². The topological polar surface area (TPSA) is 131 Å². The number of benzene rings is 3. The van der Waals surface area contributed by atoms with Crippen LogP contribution in [0.5, 0.6) is 0 Å². The number of carbonyl (C=O) groups excluding carboxylic acids is 2. The number of amides is 2. The second kappa shape index (κ2) is 10.1. The Morgan fingerprint density at radius 3 is 1.29 bits per heavy atom. The molecule has 0 saturated carbocycles. The molecule has 10 heteroatoms. The van der Waals surface area contributed by atoms with Crippen molar-refractivity contribution >= 4 is 46.0 Å². The van der Waals surface area contributed by atoms with E-state index in [1.54, 1.807) is 86.6 Å². The predicted octanol–water partition coefficient (Wildman–Crippen LogP) is 4.12. The number of carbonyl (C=O) groups is 2. The summed E-state index contributed by atoms with van der Waals surface area (Å²) in [6.45, 7) is 3.40. The van der Waals surface area contributed by atoms with Crippen LogP contribution in [0.15, 0.2) is 105 Å². The largest absolute Gasteiger partial charge is 0.411 e. The summed E-state index contributed by atoms with van der Waals surface area (Å²) < 4.78 is 0. The van der Waals surface area contributed by atoms with Crippen molar-refractivity contribution < 1.29 is 20.0 Å². The first kappa shape index (κ1) is 24.6. The van der Waals surface area contributed by atoms with Crippen LogP contribution in [0.25, 0.3) is 0 Å². The summed E-state index contributed by atoms with van der Waals surface area (Å²) >= 11 is 0. The average Bonchev–Trinajstić information content (AvgIpc) is 3.41. The second-order valence-electron chi connectivity index (χ2n) is 8.87. The molecule has 2 N–H and O–H groups in total. The molecule has 2 unspecified atom stereocenters. The minimum Gasteiger partial charge on any atom is -0.411 e. The lowest BCUT2D eigenvalue weighted by atomic mass is 9.89. The van der Waals surface area contributed by atoms with E-state index in [1.165, 1.54) is 10.0 Å². The summed E-state index contributed by atoms with van der Waals surface area (Å²) in [6, 6.07) is 24.6. The smallest absolute Gasteiger partial charge is 0.262 e. The standard InChI is InChI=1S/C28H24N6O4/c1-17-23(27(35)33(29-17)21-9-5-3-6-10-21)25(31-37)19-13-15-20(16-14-19)26(32-38)24-18(2)30-34(28(24)36)22-11-7-4-8-12-22/h3-16,23-24,37-38H,1-2H3/b31-25+,32-26+. The van der Waals surface area contributed by atoms with Crippen LogP contribution in [-0.2, 0) is 9.59 Å². The molecule has 0 aliphatic carbocycles. The molecule has 2 amide bonds. The Morgan fingerprint density at radius 1 is 0.632 bits per heavy atom. The fourth-order valence-electron chi connectivity index (χ4n) is 4.65. The SMILES string of the molecule is CC1=NN(c2ccccc2)C(=O)C1/C(=N/O)c1ccc(/C(=N\O)C2C(=O)N(c3ccccc3)N=C2C)cc1. The Bertz CT molecular complexity index is 1380. The van der Waals surface area contributed by atoms with E-state index >= 15 is 0 Å². The Morgan fingerprint density at radius 2 is 0.974 bits per heavy atom. The van der Waals surface area contributed by atoms with Gasteiger partial charge in [-0.1, -0.05) is 71.0 Å². The highest BCUT2D eigenvalue weighted by molar-refractivity contribution is 6.33. The normalized spacial score (nSPS) is 20.2. The quantitative estimate of drug-likeness (QED) is 0.295. The molecule has 38 heavy (non-hydrogen) atoms. The summed E-state index contributed by atoms with van der Waals surface area (Å²) in [7, 11) is 0. The Hall–Kier alpha value is -5.12. The van der Waals surface area contributed by atoms with Gasteiger partial charge in [-0.2, -0.15) is 20.2 Å². The van der Waals surface area contributed by atoms with Gasteiger partial charge in [-0.15, -0.1) is 0 Å². The Labute approximate surface area is 218 Å². The summed E-state index contributed by atoms with van der Waals surface area (Å²) in [5.41, 5.74) is 3.41. The van der Waals surface area contributed by atoms with Gasteiger partial charge < -0.3 is 10.4 Å². The monoisotopic (exact) mass is 508 g/mol. The number of rotatable bonds is 6. The van der Waals surface area contributed by atoms with Crippen LogP contribution in [0.1, 0.15) is 25.0 Å². The lowest BCUT2D eigenvalue weighted by Gasteiger charge is -2.17. The third kappa shape index (κ3) is 4.21. The summed E-state index contributed by atoms with van der Waals surface area (Å²) in [5, 5.41) is 38.0. The first-order valence-electron chi connectivity index (χ1n) is 11.9. The van der Waals surface area contributed by atoms with Crippen molar-refractivity contribution in [3.63, 3.8) is 0 Å². The van der Waals surface area contributed by atoms with Crippen LogP contribution in [0.3, 0.4) is 0 Å². The van der Waals surface area contributed by atoms with E-state index in [9.17, 15) is 20.0 Å². The van der Waals surface area contributed by atoms with E-state index < -0.39 is 11.8 Å². The summed E-state index contributed by atoms with van der Waals surface area (Å²) in [5.74, 6) is -2.43. The molecule has 0 radical (unpaired) electrons. The van der Waals surface area contributed by atoms with E-state index in [4.69, 9.17) is 0 Å². The molecule has 2 atom stereocenters. The number of hydrogen-bond donors (Lipinski definition) is 2. The van der Waals surface area contributed by atoms with E-state index in [0.717, 1.165) is 0 Å². The molecule has 2 aliphatic heterocycles. The van der Waals surface area contributed by atoms with Crippen LogP contribution in [0, 0.1) is 11.8 Å². The molecule has 2 aliphatic rings. The molecule has 0 fully saturated rings. The molecule has 3 aromatic rings. The number of para-hydroxylation sites is 2. The van der Waals surface area contributed by atoms with Crippen molar-refractivity contribution in [3.05, 3.63) is 96.1 Å². The Kier molecular flexibility index (Phi) is 6.53. The highest BCUT2D eigenvalue weighted by Crippen LogP contribution is 2.29. The number of oxime groups is 2. The molecule has 2 heterocycles. The van der Waals surface area contributed by atoms with Crippen molar-refractivity contribution in [2.75, 3.05) is 10.0 Å². The maximum Gasteiger partial charge on any atom is 0.262 e. The van der Waals surface area contributed by atoms with Crippen LogP contribution >= 0.6 is 0 Å². The van der Waals surface area contributed by atoms with Gasteiger partial charge in [-0.05, 0) is 38.1 Å². The van der Waals surface area contributed by atoms with E-state index in [1.807, 2.05) is 12.1 Å². The Balaban J connectivity index is 1.39. The maximum absolute atomic E-state index is 13.2. The number of anilines is 2. The highest BCUT2D eigenvalue weighted by Gasteiger charge is 2.40. The summed E-state index contributed by atoms with van der Waals surface area (Å²) in [4.78, 5) is 26.4. The van der Waals surface area contributed by atoms with E-state index in [2.05, 4.69) is 20.5 Å². The molecular formula is C28H24N6O4. The third-order valence-corrected chi connectivity index (χ3v) is 6.50. The zero-order chi connectivity index (χ0) is 26.8. The molecule has 10 nitrogen and oxygen atoms in total. The van der Waals surface area contributed by atoms with Gasteiger partial charge in [0.25, 0.3) is 11.8 Å². The molecule has 5 rings (SSSR count). The summed E-state index contributed by atoms with van der Waals surface area (Å²) in [6.07, 6.45) is 0. The van der Waals surface area contributed by atoms with E-state index in [-0.39, 0.29) is 23.2 Å². The number of nitrogens with zero attached hydrogens (tertiary/aromatic N) is 6. The van der Waals surface area contributed by atoms with Crippen LogP contribution in [0.2, 0.25) is 0 Å². The van der Waals surface area contributed by atoms with Gasteiger partial charge in [-0.3, -0.25) is 9.59 Å². The number of hydrazone groups is 2. The lowest BCUT2D eigenvalue weighted by Crippen LogP contribution is -2.34. The van der Waals surface area contributed by atoms with Gasteiger partial charge in [0.05, 0.1) is 22.8 Å². The van der Waals surface area contributed by atoms with E-state index in [0.29, 0.717) is 33.9 Å². The minimum atomic E-state index is -0.873. The maximum atomic E-state index is 13.2. The molecule has 190 valence electrons. The van der Waals surface area contributed by atoms with Crippen LogP contribution < -0.4 is 10.0 Å². The molecule has 0 spiro atoms. The molecule has 0 aromatic heterocycles. The van der Waals surface area contributed by atoms with Gasteiger partial charge in [0.1, 0.15) is 23.3 Å². The fraction of sp³-hybridized carbons (Fsp3) is 0.143. The second-order valence-corrected chi connectivity index (χ2v) is 8.87. The zero-order valence-electron chi connectivity index (χ0n) is 20.6. The van der Waals surface area contributed by atoms with Gasteiger partial charge in [0, 0.05) is 11.1 Å². The average molecular weight is 509 g/mol. The van der Waals surface area contributed by atoms with Gasteiger partial charge in [0.15, 0.2) is 0 Å². The zero-order valence-corrected chi connectivity index (χ0v) is 20.6. The first-order chi connectivity index (χ1) is 18.4. The van der Waals surface area contributed by atoms with Crippen molar-refractivity contribution in [1.82, 2.24) is 0 Å². The third-order valence-electron chi connectivity index (χ3n) is 6.50. The van der Waals surface area contributed by atoms with Crippen LogP contribution in [-0.4, -0.2) is 45.1 Å². The molecule has 3 aromatic carbocycles. The first-order valence-corrected chi connectivity index (χ1v) is 11.9. The van der Waals surface area contributed by atoms with Crippen molar-refractivity contribution in [3.8, 4) is 0 Å². The molecule has 0 saturated heterocycles. The molecule has 0 bridgehead atoms. The van der Waals surface area contributed by atoms with Gasteiger partial charge in [-0.25, -0.2) is 0 Å². The minimum absolute atomic E-state index is 0.133. The van der Waals surface area contributed by atoms with Crippen molar-refractivity contribution in [1.29, 1.82) is 0 Å². The predicted molar refractivity (Wildman–Crippen MR) is 144 cm³/mol. The van der Waals surface area contributed by atoms with Crippen molar-refractivity contribution in [2.24, 2.45) is 32.4 Å². The van der Waals surface area contributed by atoms with Crippen molar-refractivity contribution in [2.45, 2.75) is 13.8 Å². The van der Waals surface area contributed by atoms with Gasteiger partial charge in [0.2, 0.25) is 0 Å². The van der Waals surface area contributed by atoms with Crippen LogP contribution in [0.4, 0.5) is 11.4 Å². The number of hydrogen-bond acceptors (Lipinski definition) is 8. The lowest BCUT2D eigenvalue weighted by molar-refractivity contribution is -0.119.